The molecule has 0 bridgehead atoms. The van der Waals surface area contributed by atoms with Crippen molar-refractivity contribution in [3.63, 3.8) is 0 Å². The second-order valence-corrected chi connectivity index (χ2v) is 7.82. The van der Waals surface area contributed by atoms with Crippen molar-refractivity contribution < 1.29 is 4.79 Å². The van der Waals surface area contributed by atoms with Crippen LogP contribution in [0.25, 0.3) is 0 Å². The number of hydrogen-bond acceptors (Lipinski definition) is 2. The molecule has 0 aliphatic heterocycles. The Morgan fingerprint density at radius 3 is 2.61 bits per heavy atom. The third-order valence-electron chi connectivity index (χ3n) is 2.36. The minimum Gasteiger partial charge on any atom is -0.325 e. The van der Waals surface area contributed by atoms with Gasteiger partial charge in [0.1, 0.15) is 0 Å². The molecule has 0 aliphatic rings. The highest BCUT2D eigenvalue weighted by Gasteiger charge is 2.14. The molecule has 0 atom stereocenters. The van der Waals surface area contributed by atoms with E-state index in [0.29, 0.717) is 5.75 Å². The number of amides is 1. The van der Waals surface area contributed by atoms with E-state index < -0.39 is 0 Å². The van der Waals surface area contributed by atoms with Gasteiger partial charge in [0, 0.05) is 14.9 Å². The number of hydrogen-bond donors (Lipinski definition) is 1. The third-order valence-corrected chi connectivity index (χ3v) is 4.12. The molecule has 1 N–H and O–H groups in total. The Morgan fingerprint density at radius 2 is 2.06 bits per heavy atom. The van der Waals surface area contributed by atoms with Crippen molar-refractivity contribution in [3.8, 4) is 0 Å². The molecule has 100 valence electrons. The van der Waals surface area contributed by atoms with Gasteiger partial charge in [-0.05, 0) is 30.2 Å². The van der Waals surface area contributed by atoms with Crippen molar-refractivity contribution >= 4 is 39.3 Å². The fraction of sp³-hybridized carbons (Fsp3) is 0.500. The van der Waals surface area contributed by atoms with Gasteiger partial charge in [-0.25, -0.2) is 0 Å². The van der Waals surface area contributed by atoms with E-state index in [0.717, 1.165) is 22.1 Å². The predicted molar refractivity (Wildman–Crippen MR) is 84.4 cm³/mol. The first-order chi connectivity index (χ1) is 8.31. The van der Waals surface area contributed by atoms with Crippen LogP contribution in [-0.2, 0) is 11.2 Å². The van der Waals surface area contributed by atoms with Gasteiger partial charge in [-0.15, -0.1) is 11.8 Å². The number of nitrogens with one attached hydrogen (secondary N) is 1. The molecular weight excluding hydrogens is 310 g/mol. The van der Waals surface area contributed by atoms with Gasteiger partial charge in [-0.1, -0.05) is 43.6 Å². The van der Waals surface area contributed by atoms with Crippen LogP contribution in [0.15, 0.2) is 22.7 Å². The fourth-order valence-electron chi connectivity index (χ4n) is 1.45. The van der Waals surface area contributed by atoms with Gasteiger partial charge in [0.15, 0.2) is 0 Å². The lowest BCUT2D eigenvalue weighted by Crippen LogP contribution is -2.19. The van der Waals surface area contributed by atoms with E-state index in [1.807, 2.05) is 18.2 Å². The summed E-state index contributed by atoms with van der Waals surface area (Å²) < 4.78 is 1.16. The number of aryl methyl sites for hydroxylation is 1. The zero-order valence-electron chi connectivity index (χ0n) is 11.3. The van der Waals surface area contributed by atoms with Gasteiger partial charge in [0.25, 0.3) is 0 Å². The third kappa shape index (κ3) is 5.44. The zero-order valence-corrected chi connectivity index (χ0v) is 13.7. The van der Waals surface area contributed by atoms with Crippen molar-refractivity contribution in [2.75, 3.05) is 11.1 Å². The quantitative estimate of drug-likeness (QED) is 0.882. The van der Waals surface area contributed by atoms with E-state index >= 15 is 0 Å². The summed E-state index contributed by atoms with van der Waals surface area (Å²) in [4.78, 5) is 11.9. The van der Waals surface area contributed by atoms with Crippen LogP contribution in [-0.4, -0.2) is 16.4 Å². The first-order valence-electron chi connectivity index (χ1n) is 6.04. The van der Waals surface area contributed by atoms with Crippen LogP contribution in [0.1, 0.15) is 33.3 Å². The first-order valence-corrected chi connectivity index (χ1v) is 7.82. The first kappa shape index (κ1) is 15.6. The maximum atomic E-state index is 11.9. The fourth-order valence-corrected chi connectivity index (χ4v) is 2.49. The van der Waals surface area contributed by atoms with Gasteiger partial charge in [0.2, 0.25) is 5.91 Å². The van der Waals surface area contributed by atoms with Crippen molar-refractivity contribution in [2.24, 2.45) is 0 Å². The van der Waals surface area contributed by atoms with Crippen molar-refractivity contribution in [1.82, 2.24) is 0 Å². The monoisotopic (exact) mass is 329 g/mol. The Balaban J connectivity index is 2.64. The Labute approximate surface area is 122 Å². The second kappa shape index (κ2) is 6.62. The Morgan fingerprint density at radius 1 is 1.39 bits per heavy atom. The maximum Gasteiger partial charge on any atom is 0.234 e. The summed E-state index contributed by atoms with van der Waals surface area (Å²) in [5, 5.41) is 2.98. The van der Waals surface area contributed by atoms with E-state index in [-0.39, 0.29) is 10.7 Å². The van der Waals surface area contributed by atoms with Crippen molar-refractivity contribution in [3.05, 3.63) is 28.2 Å². The molecule has 1 aromatic carbocycles. The topological polar surface area (TPSA) is 29.1 Å². The van der Waals surface area contributed by atoms with Crippen molar-refractivity contribution in [2.45, 2.75) is 38.9 Å². The molecule has 1 rings (SSSR count). The smallest absolute Gasteiger partial charge is 0.234 e. The summed E-state index contributed by atoms with van der Waals surface area (Å²) in [6.45, 7) is 8.42. The largest absolute Gasteiger partial charge is 0.325 e. The van der Waals surface area contributed by atoms with Gasteiger partial charge >= 0.3 is 0 Å². The summed E-state index contributed by atoms with van der Waals surface area (Å²) in [5.74, 6) is 0.551. The van der Waals surface area contributed by atoms with Crippen LogP contribution < -0.4 is 5.32 Å². The van der Waals surface area contributed by atoms with Crippen LogP contribution in [0.2, 0.25) is 0 Å². The van der Waals surface area contributed by atoms with E-state index in [1.54, 1.807) is 11.8 Å². The van der Waals surface area contributed by atoms with E-state index in [4.69, 9.17) is 0 Å². The highest BCUT2D eigenvalue weighted by Crippen LogP contribution is 2.24. The zero-order chi connectivity index (χ0) is 13.8. The molecule has 1 aromatic rings. The highest BCUT2D eigenvalue weighted by molar-refractivity contribution is 9.10. The molecule has 1 amide bonds. The molecule has 0 fully saturated rings. The van der Waals surface area contributed by atoms with Gasteiger partial charge in [-0.2, -0.15) is 0 Å². The number of thioether (sulfide) groups is 1. The Bertz CT molecular complexity index is 426. The number of carbonyl (C=O) groups excluding carboxylic acids is 1. The number of anilines is 1. The van der Waals surface area contributed by atoms with Crippen molar-refractivity contribution in [1.29, 1.82) is 0 Å². The van der Waals surface area contributed by atoms with Crippen LogP contribution in [0.3, 0.4) is 0 Å². The Hall–Kier alpha value is -0.480. The second-order valence-electron chi connectivity index (χ2n) is 5.10. The summed E-state index contributed by atoms with van der Waals surface area (Å²) in [6.07, 6.45) is 0.904. The van der Waals surface area contributed by atoms with E-state index in [9.17, 15) is 4.79 Å². The Kier molecular flexibility index (Phi) is 5.73. The molecule has 0 spiro atoms. The van der Waals surface area contributed by atoms with Crippen LogP contribution >= 0.6 is 27.7 Å². The molecular formula is C14H20BrNOS. The minimum absolute atomic E-state index is 0.0620. The molecule has 0 saturated carbocycles. The summed E-state index contributed by atoms with van der Waals surface area (Å²) in [7, 11) is 0. The SMILES string of the molecule is CCc1cc(Br)ccc1NC(=O)CSC(C)(C)C. The maximum absolute atomic E-state index is 11.9. The van der Waals surface area contributed by atoms with Gasteiger partial charge < -0.3 is 5.32 Å². The lowest BCUT2D eigenvalue weighted by molar-refractivity contribution is -0.113. The number of carbonyl (C=O) groups is 1. The summed E-state index contributed by atoms with van der Waals surface area (Å²) >= 11 is 5.10. The van der Waals surface area contributed by atoms with Crippen LogP contribution in [0.5, 0.6) is 0 Å². The molecule has 2 nitrogen and oxygen atoms in total. The number of halogens is 1. The molecule has 4 heteroatoms. The average molecular weight is 330 g/mol. The van der Waals surface area contributed by atoms with Crippen LogP contribution in [0, 0.1) is 0 Å². The van der Waals surface area contributed by atoms with E-state index in [1.165, 1.54) is 0 Å². The molecule has 0 heterocycles. The summed E-state index contributed by atoms with van der Waals surface area (Å²) in [6, 6.07) is 5.95. The molecule has 0 radical (unpaired) electrons. The molecule has 0 aromatic heterocycles. The normalized spacial score (nSPS) is 11.4. The van der Waals surface area contributed by atoms with Gasteiger partial charge in [-0.3, -0.25) is 4.79 Å². The van der Waals surface area contributed by atoms with Crippen LogP contribution in [0.4, 0.5) is 5.69 Å². The van der Waals surface area contributed by atoms with Gasteiger partial charge in [0.05, 0.1) is 5.75 Å². The highest BCUT2D eigenvalue weighted by atomic mass is 79.9. The average Bonchev–Trinajstić information content (AvgIpc) is 2.28. The number of benzene rings is 1. The van der Waals surface area contributed by atoms with E-state index in [2.05, 4.69) is 48.9 Å². The molecule has 0 aliphatic carbocycles. The molecule has 18 heavy (non-hydrogen) atoms. The summed E-state index contributed by atoms with van der Waals surface area (Å²) in [5.41, 5.74) is 2.07. The molecule has 0 saturated heterocycles. The lowest BCUT2D eigenvalue weighted by atomic mass is 10.1. The predicted octanol–water partition coefficient (Wildman–Crippen LogP) is 4.48. The number of rotatable bonds is 4. The standard InChI is InChI=1S/C14H20BrNOS/c1-5-10-8-11(15)6-7-12(10)16-13(17)9-18-14(2,3)4/h6-8H,5,9H2,1-4H3,(H,16,17). The lowest BCUT2D eigenvalue weighted by Gasteiger charge is -2.17. The minimum atomic E-state index is 0.0620. The molecule has 0 unspecified atom stereocenters.